The number of hydrogen-bond acceptors (Lipinski definition) is 4. The predicted octanol–water partition coefficient (Wildman–Crippen LogP) is 2.24. The van der Waals surface area contributed by atoms with Gasteiger partial charge in [0.2, 0.25) is 5.91 Å². The van der Waals surface area contributed by atoms with E-state index in [0.29, 0.717) is 13.0 Å². The molecule has 1 aromatic rings. The molecule has 1 amide bonds. The van der Waals surface area contributed by atoms with Crippen LogP contribution in [0.1, 0.15) is 18.4 Å². The zero-order valence-electron chi connectivity index (χ0n) is 12.7. The van der Waals surface area contributed by atoms with E-state index < -0.39 is 9.84 Å². The highest BCUT2D eigenvalue weighted by atomic mass is 79.9. The third-order valence-corrected chi connectivity index (χ3v) is 6.20. The number of benzene rings is 1. The average Bonchev–Trinajstić information content (AvgIpc) is 2.78. The summed E-state index contributed by atoms with van der Waals surface area (Å²) in [6.07, 6.45) is 0.869. The number of carbonyl (C=O) groups excluding carboxylic acids is 1. The molecule has 1 aromatic carbocycles. The number of carbonyl (C=O) groups is 1. The summed E-state index contributed by atoms with van der Waals surface area (Å²) >= 11 is 3.41. The van der Waals surface area contributed by atoms with Crippen molar-refractivity contribution in [3.8, 4) is 5.75 Å². The molecule has 0 radical (unpaired) electrons. The first-order valence-corrected chi connectivity index (χ1v) is 9.69. The van der Waals surface area contributed by atoms with Gasteiger partial charge in [0.25, 0.3) is 0 Å². The van der Waals surface area contributed by atoms with Crippen molar-refractivity contribution >= 4 is 31.7 Å². The first-order valence-electron chi connectivity index (χ1n) is 7.07. The molecule has 122 valence electrons. The fourth-order valence-corrected chi connectivity index (χ4v) is 4.92. The number of hydrogen-bond donors (Lipinski definition) is 0. The van der Waals surface area contributed by atoms with E-state index in [2.05, 4.69) is 15.9 Å². The quantitative estimate of drug-likeness (QED) is 0.774. The van der Waals surface area contributed by atoms with Crippen LogP contribution in [0, 0.1) is 5.92 Å². The van der Waals surface area contributed by atoms with Gasteiger partial charge in [0.15, 0.2) is 9.84 Å². The van der Waals surface area contributed by atoms with Crippen LogP contribution >= 0.6 is 15.9 Å². The van der Waals surface area contributed by atoms with Crippen molar-refractivity contribution in [2.45, 2.75) is 19.4 Å². The first-order chi connectivity index (χ1) is 10.3. The molecule has 1 aliphatic rings. The molecular weight excluding hydrogens is 370 g/mol. The summed E-state index contributed by atoms with van der Waals surface area (Å²) in [4.78, 5) is 13.9. The summed E-state index contributed by atoms with van der Waals surface area (Å²) in [7, 11) is 0.385. The molecule has 1 fully saturated rings. The molecule has 0 saturated carbocycles. The number of methoxy groups -OCH3 is 1. The number of ether oxygens (including phenoxy) is 1. The summed E-state index contributed by atoms with van der Waals surface area (Å²) in [5.74, 6) is 0.973. The molecule has 1 heterocycles. The van der Waals surface area contributed by atoms with Crippen LogP contribution in [0.4, 0.5) is 0 Å². The minimum absolute atomic E-state index is 0.0378. The molecule has 7 heteroatoms. The van der Waals surface area contributed by atoms with E-state index in [1.54, 1.807) is 19.1 Å². The van der Waals surface area contributed by atoms with Crippen LogP contribution in [-0.4, -0.2) is 44.9 Å². The standard InChI is InChI=1S/C15H20BrNO4S/c1-17(9-12-8-13(16)3-4-14(12)21-2)15(18)7-11-5-6-22(19,20)10-11/h3-4,8,11H,5-7,9-10H2,1-2H3. The zero-order valence-corrected chi connectivity index (χ0v) is 15.1. The lowest BCUT2D eigenvalue weighted by molar-refractivity contribution is -0.131. The third kappa shape index (κ3) is 4.46. The van der Waals surface area contributed by atoms with Gasteiger partial charge in [0.05, 0.1) is 18.6 Å². The van der Waals surface area contributed by atoms with Gasteiger partial charge >= 0.3 is 0 Å². The van der Waals surface area contributed by atoms with Crippen LogP contribution in [0.5, 0.6) is 5.75 Å². The van der Waals surface area contributed by atoms with Crippen molar-refractivity contribution in [2.24, 2.45) is 5.92 Å². The second-order valence-electron chi connectivity index (χ2n) is 5.68. The maximum absolute atomic E-state index is 12.3. The van der Waals surface area contributed by atoms with Gasteiger partial charge in [-0.2, -0.15) is 0 Å². The number of amides is 1. The minimum atomic E-state index is -2.94. The summed E-state index contributed by atoms with van der Waals surface area (Å²) in [6, 6.07) is 5.65. The van der Waals surface area contributed by atoms with Crippen LogP contribution in [0.2, 0.25) is 0 Å². The molecule has 0 aliphatic carbocycles. The van der Waals surface area contributed by atoms with E-state index >= 15 is 0 Å². The molecule has 1 saturated heterocycles. The molecular formula is C15H20BrNO4S. The highest BCUT2D eigenvalue weighted by Crippen LogP contribution is 2.26. The molecule has 0 spiro atoms. The highest BCUT2D eigenvalue weighted by Gasteiger charge is 2.30. The second-order valence-corrected chi connectivity index (χ2v) is 8.82. The first kappa shape index (κ1) is 17.3. The molecule has 22 heavy (non-hydrogen) atoms. The lowest BCUT2D eigenvalue weighted by Gasteiger charge is -2.20. The Balaban J connectivity index is 1.98. The van der Waals surface area contributed by atoms with Gasteiger partial charge in [-0.05, 0) is 30.5 Å². The van der Waals surface area contributed by atoms with Crippen molar-refractivity contribution in [1.82, 2.24) is 4.90 Å². The van der Waals surface area contributed by atoms with Crippen molar-refractivity contribution in [1.29, 1.82) is 0 Å². The van der Waals surface area contributed by atoms with Crippen LogP contribution in [-0.2, 0) is 21.2 Å². The Bertz CT molecular complexity index is 660. The van der Waals surface area contributed by atoms with Gasteiger partial charge in [0, 0.05) is 30.0 Å². The summed E-state index contributed by atoms with van der Waals surface area (Å²) < 4.78 is 29.1. The van der Waals surface area contributed by atoms with Crippen molar-refractivity contribution in [3.05, 3.63) is 28.2 Å². The number of nitrogens with zero attached hydrogens (tertiary/aromatic N) is 1. The van der Waals surface area contributed by atoms with Gasteiger partial charge in [-0.25, -0.2) is 8.42 Å². The lowest BCUT2D eigenvalue weighted by Crippen LogP contribution is -2.28. The van der Waals surface area contributed by atoms with E-state index in [1.807, 2.05) is 18.2 Å². The molecule has 0 N–H and O–H groups in total. The van der Waals surface area contributed by atoms with E-state index in [-0.39, 0.29) is 29.8 Å². The van der Waals surface area contributed by atoms with Gasteiger partial charge in [-0.1, -0.05) is 15.9 Å². The van der Waals surface area contributed by atoms with Crippen LogP contribution in [0.3, 0.4) is 0 Å². The fraction of sp³-hybridized carbons (Fsp3) is 0.533. The summed E-state index contributed by atoms with van der Waals surface area (Å²) in [6.45, 7) is 0.431. The lowest BCUT2D eigenvalue weighted by atomic mass is 10.0. The second kappa shape index (κ2) is 7.00. The SMILES string of the molecule is COc1ccc(Br)cc1CN(C)C(=O)CC1CCS(=O)(=O)C1. The Labute approximate surface area is 139 Å². The Morgan fingerprint density at radius 2 is 2.18 bits per heavy atom. The highest BCUT2D eigenvalue weighted by molar-refractivity contribution is 9.10. The largest absolute Gasteiger partial charge is 0.496 e. The number of rotatable bonds is 5. The van der Waals surface area contributed by atoms with E-state index in [4.69, 9.17) is 4.74 Å². The van der Waals surface area contributed by atoms with Gasteiger partial charge < -0.3 is 9.64 Å². The Morgan fingerprint density at radius 3 is 2.77 bits per heavy atom. The van der Waals surface area contributed by atoms with Gasteiger partial charge in [-0.3, -0.25) is 4.79 Å². The smallest absolute Gasteiger partial charge is 0.222 e. The molecule has 1 aliphatic heterocycles. The molecule has 1 atom stereocenters. The molecule has 2 rings (SSSR count). The average molecular weight is 390 g/mol. The third-order valence-electron chi connectivity index (χ3n) is 3.87. The van der Waals surface area contributed by atoms with E-state index in [1.165, 1.54) is 0 Å². The summed E-state index contributed by atoms with van der Waals surface area (Å²) in [5.41, 5.74) is 0.909. The van der Waals surface area contributed by atoms with Crippen LogP contribution in [0.15, 0.2) is 22.7 Å². The maximum Gasteiger partial charge on any atom is 0.222 e. The van der Waals surface area contributed by atoms with Crippen LogP contribution < -0.4 is 4.74 Å². The predicted molar refractivity (Wildman–Crippen MR) is 88.5 cm³/mol. The number of halogens is 1. The number of sulfone groups is 1. The monoisotopic (exact) mass is 389 g/mol. The molecule has 1 unspecified atom stereocenters. The Kier molecular flexibility index (Phi) is 5.50. The zero-order chi connectivity index (χ0) is 16.3. The summed E-state index contributed by atoms with van der Waals surface area (Å²) in [5, 5.41) is 0. The van der Waals surface area contributed by atoms with Crippen molar-refractivity contribution in [3.63, 3.8) is 0 Å². The molecule has 0 aromatic heterocycles. The molecule has 0 bridgehead atoms. The van der Waals surface area contributed by atoms with E-state index in [9.17, 15) is 13.2 Å². The Hall–Kier alpha value is -1.08. The fourth-order valence-electron chi connectivity index (χ4n) is 2.65. The van der Waals surface area contributed by atoms with E-state index in [0.717, 1.165) is 15.8 Å². The van der Waals surface area contributed by atoms with Crippen LogP contribution in [0.25, 0.3) is 0 Å². The minimum Gasteiger partial charge on any atom is -0.496 e. The maximum atomic E-state index is 12.3. The van der Waals surface area contributed by atoms with Gasteiger partial charge in [-0.15, -0.1) is 0 Å². The Morgan fingerprint density at radius 1 is 1.45 bits per heavy atom. The van der Waals surface area contributed by atoms with Gasteiger partial charge in [0.1, 0.15) is 5.75 Å². The normalized spacial score (nSPS) is 19.9. The van der Waals surface area contributed by atoms with Crippen molar-refractivity contribution in [2.75, 3.05) is 25.7 Å². The molecule has 5 nitrogen and oxygen atoms in total. The van der Waals surface area contributed by atoms with Crippen molar-refractivity contribution < 1.29 is 17.9 Å². The topological polar surface area (TPSA) is 63.7 Å².